The van der Waals surface area contributed by atoms with Crippen LogP contribution in [0.15, 0.2) is 18.2 Å². The summed E-state index contributed by atoms with van der Waals surface area (Å²) in [7, 11) is 0. The third-order valence-electron chi connectivity index (χ3n) is 3.76. The summed E-state index contributed by atoms with van der Waals surface area (Å²) in [4.78, 5) is 24.2. The number of ether oxygens (including phenoxy) is 2. The van der Waals surface area contributed by atoms with Gasteiger partial charge >= 0.3 is 12.1 Å². The van der Waals surface area contributed by atoms with E-state index in [1.54, 1.807) is 34.6 Å². The molecule has 0 fully saturated rings. The maximum Gasteiger partial charge on any atom is 0.407 e. The number of nitrogens with zero attached hydrogens (tertiary/aromatic N) is 1. The summed E-state index contributed by atoms with van der Waals surface area (Å²) in [6.45, 7) is 8.69. The number of hydrogen-bond acceptors (Lipinski definition) is 4. The Labute approximate surface area is 156 Å². The number of benzene rings is 1. The molecule has 1 N–H and O–H groups in total. The number of nitrogens with one attached hydrogen (secondary N) is 1. The zero-order chi connectivity index (χ0) is 20.4. The van der Waals surface area contributed by atoms with Crippen molar-refractivity contribution in [2.45, 2.75) is 46.3 Å². The van der Waals surface area contributed by atoms with Crippen LogP contribution in [-0.4, -0.2) is 35.4 Å². The monoisotopic (exact) mass is 382 g/mol. The second kappa shape index (κ2) is 7.94. The molecule has 8 heteroatoms. The Balaban J connectivity index is 2.39. The van der Waals surface area contributed by atoms with Crippen molar-refractivity contribution in [1.29, 1.82) is 0 Å². The lowest BCUT2D eigenvalue weighted by Crippen LogP contribution is -2.35. The van der Waals surface area contributed by atoms with Gasteiger partial charge in [-0.05, 0) is 52.8 Å². The van der Waals surface area contributed by atoms with Crippen LogP contribution in [-0.2, 0) is 9.47 Å². The number of carbonyl (C=O) groups excluding carboxylic acids is 2. The molecule has 27 heavy (non-hydrogen) atoms. The Hall–Kier alpha value is -2.64. The minimum Gasteiger partial charge on any atom is -0.461 e. The lowest BCUT2D eigenvalue weighted by molar-refractivity contribution is 0.0512. The van der Waals surface area contributed by atoms with E-state index in [2.05, 4.69) is 5.32 Å². The lowest BCUT2D eigenvalue weighted by Gasteiger charge is -2.22. The molecular weight excluding hydrogens is 358 g/mol. The van der Waals surface area contributed by atoms with Gasteiger partial charge in [0.05, 0.1) is 12.1 Å². The molecule has 1 aromatic heterocycles. The number of aromatic nitrogens is 1. The van der Waals surface area contributed by atoms with Gasteiger partial charge in [-0.15, -0.1) is 0 Å². The van der Waals surface area contributed by atoms with E-state index in [-0.39, 0.29) is 24.4 Å². The SMILES string of the molecule is CCOC(=O)c1cc2ccc(F)c(F)c2n1[C@H](C)CNC(=O)OC(C)(C)C. The molecule has 2 rings (SSSR count). The normalized spacial score (nSPS) is 12.7. The number of halogens is 2. The van der Waals surface area contributed by atoms with E-state index in [1.165, 1.54) is 16.7 Å². The summed E-state index contributed by atoms with van der Waals surface area (Å²) in [6.07, 6.45) is -0.643. The van der Waals surface area contributed by atoms with Gasteiger partial charge in [-0.1, -0.05) is 0 Å². The summed E-state index contributed by atoms with van der Waals surface area (Å²) >= 11 is 0. The first-order chi connectivity index (χ1) is 12.5. The second-order valence-electron chi connectivity index (χ2n) is 7.15. The van der Waals surface area contributed by atoms with Crippen molar-refractivity contribution in [2.75, 3.05) is 13.2 Å². The number of esters is 1. The van der Waals surface area contributed by atoms with Crippen LogP contribution in [0.1, 0.15) is 51.1 Å². The fourth-order valence-electron chi connectivity index (χ4n) is 2.71. The molecule has 1 amide bonds. The first-order valence-corrected chi connectivity index (χ1v) is 8.68. The largest absolute Gasteiger partial charge is 0.461 e. The number of amides is 1. The molecule has 2 aromatic rings. The Kier molecular flexibility index (Phi) is 6.08. The van der Waals surface area contributed by atoms with Gasteiger partial charge in [0, 0.05) is 18.0 Å². The average Bonchev–Trinajstić information content (AvgIpc) is 2.95. The topological polar surface area (TPSA) is 69.6 Å². The molecule has 0 aliphatic heterocycles. The standard InChI is InChI=1S/C19H24F2N2O4/c1-6-26-17(24)14-9-12-7-8-13(20)15(21)16(12)23(14)11(2)10-22-18(25)27-19(3,4)5/h7-9,11H,6,10H2,1-5H3,(H,22,25)/t11-/m1/s1. The molecule has 0 saturated heterocycles. The lowest BCUT2D eigenvalue weighted by atomic mass is 10.2. The second-order valence-corrected chi connectivity index (χ2v) is 7.15. The van der Waals surface area contributed by atoms with Crippen molar-refractivity contribution in [3.05, 3.63) is 35.5 Å². The molecule has 0 aliphatic rings. The predicted octanol–water partition coefficient (Wildman–Crippen LogP) is 4.18. The summed E-state index contributed by atoms with van der Waals surface area (Å²) in [6, 6.07) is 3.27. The molecule has 0 radical (unpaired) electrons. The van der Waals surface area contributed by atoms with Crippen LogP contribution in [0.5, 0.6) is 0 Å². The zero-order valence-electron chi connectivity index (χ0n) is 16.1. The number of hydrogen-bond donors (Lipinski definition) is 1. The van der Waals surface area contributed by atoms with Gasteiger partial charge in [-0.3, -0.25) is 0 Å². The van der Waals surface area contributed by atoms with Crippen molar-refractivity contribution < 1.29 is 27.8 Å². The fraction of sp³-hybridized carbons (Fsp3) is 0.474. The minimum absolute atomic E-state index is 0.0427. The third-order valence-corrected chi connectivity index (χ3v) is 3.76. The quantitative estimate of drug-likeness (QED) is 0.788. The molecule has 0 bridgehead atoms. The average molecular weight is 382 g/mol. The molecule has 1 aromatic carbocycles. The van der Waals surface area contributed by atoms with E-state index in [9.17, 15) is 18.4 Å². The highest BCUT2D eigenvalue weighted by Gasteiger charge is 2.25. The molecule has 0 aliphatic carbocycles. The van der Waals surface area contributed by atoms with Crippen molar-refractivity contribution in [1.82, 2.24) is 9.88 Å². The van der Waals surface area contributed by atoms with Gasteiger partial charge in [0.1, 0.15) is 11.3 Å². The molecule has 0 saturated carbocycles. The predicted molar refractivity (Wildman–Crippen MR) is 96.8 cm³/mol. The van der Waals surface area contributed by atoms with Crippen LogP contribution < -0.4 is 5.32 Å². The van der Waals surface area contributed by atoms with Crippen molar-refractivity contribution >= 4 is 23.0 Å². The molecule has 148 valence electrons. The summed E-state index contributed by atoms with van der Waals surface area (Å²) in [5.41, 5.74) is -0.648. The third kappa shape index (κ3) is 4.75. The van der Waals surface area contributed by atoms with Crippen LogP contribution in [0.2, 0.25) is 0 Å². The molecule has 1 heterocycles. The van der Waals surface area contributed by atoms with E-state index >= 15 is 0 Å². The van der Waals surface area contributed by atoms with Crippen molar-refractivity contribution in [3.63, 3.8) is 0 Å². The fourth-order valence-corrected chi connectivity index (χ4v) is 2.71. The smallest absolute Gasteiger partial charge is 0.407 e. The molecule has 1 atom stereocenters. The first-order valence-electron chi connectivity index (χ1n) is 8.68. The summed E-state index contributed by atoms with van der Waals surface area (Å²) < 4.78 is 39.7. The van der Waals surface area contributed by atoms with E-state index in [4.69, 9.17) is 9.47 Å². The maximum atomic E-state index is 14.4. The first kappa shape index (κ1) is 20.7. The summed E-state index contributed by atoms with van der Waals surface area (Å²) in [5.74, 6) is -2.74. The van der Waals surface area contributed by atoms with Gasteiger partial charge in [0.25, 0.3) is 0 Å². The Morgan fingerprint density at radius 1 is 1.26 bits per heavy atom. The van der Waals surface area contributed by atoms with E-state index in [0.717, 1.165) is 6.07 Å². The molecular formula is C19H24F2N2O4. The van der Waals surface area contributed by atoms with Crippen LogP contribution in [0, 0.1) is 11.6 Å². The van der Waals surface area contributed by atoms with Crippen LogP contribution in [0.4, 0.5) is 13.6 Å². The highest BCUT2D eigenvalue weighted by Crippen LogP contribution is 2.28. The highest BCUT2D eigenvalue weighted by atomic mass is 19.2. The van der Waals surface area contributed by atoms with Gasteiger partial charge < -0.3 is 19.4 Å². The Morgan fingerprint density at radius 3 is 2.52 bits per heavy atom. The van der Waals surface area contributed by atoms with Gasteiger partial charge in [0.2, 0.25) is 0 Å². The zero-order valence-corrected chi connectivity index (χ0v) is 16.1. The molecule has 6 nitrogen and oxygen atoms in total. The highest BCUT2D eigenvalue weighted by molar-refractivity contribution is 5.96. The van der Waals surface area contributed by atoms with Gasteiger partial charge in [-0.25, -0.2) is 18.4 Å². The van der Waals surface area contributed by atoms with Crippen molar-refractivity contribution in [2.24, 2.45) is 0 Å². The number of fused-ring (bicyclic) bond motifs is 1. The van der Waals surface area contributed by atoms with Gasteiger partial charge in [0.15, 0.2) is 11.6 Å². The molecule has 0 spiro atoms. The Bertz CT molecular complexity index is 855. The molecule has 0 unspecified atom stereocenters. The van der Waals surface area contributed by atoms with E-state index in [0.29, 0.717) is 5.39 Å². The number of carbonyl (C=O) groups is 2. The van der Waals surface area contributed by atoms with Crippen molar-refractivity contribution in [3.8, 4) is 0 Å². The van der Waals surface area contributed by atoms with Crippen LogP contribution in [0.3, 0.4) is 0 Å². The summed E-state index contributed by atoms with van der Waals surface area (Å²) in [5, 5.41) is 2.94. The Morgan fingerprint density at radius 2 is 1.93 bits per heavy atom. The van der Waals surface area contributed by atoms with Crippen LogP contribution >= 0.6 is 0 Å². The van der Waals surface area contributed by atoms with Crippen LogP contribution in [0.25, 0.3) is 10.9 Å². The number of alkyl carbamates (subject to hydrolysis) is 1. The van der Waals surface area contributed by atoms with Gasteiger partial charge in [-0.2, -0.15) is 0 Å². The van der Waals surface area contributed by atoms with E-state index in [1.807, 2.05) is 0 Å². The number of rotatable bonds is 5. The maximum absolute atomic E-state index is 14.4. The minimum atomic E-state index is -1.06. The van der Waals surface area contributed by atoms with E-state index < -0.39 is 35.3 Å².